The molecule has 0 unspecified atom stereocenters. The summed E-state index contributed by atoms with van der Waals surface area (Å²) in [6.07, 6.45) is 0. The second kappa shape index (κ2) is 11.5. The van der Waals surface area contributed by atoms with Gasteiger partial charge in [-0.2, -0.15) is 0 Å². The minimum atomic E-state index is 1.13. The molecule has 9 rings (SSSR count). The van der Waals surface area contributed by atoms with Crippen LogP contribution in [0.25, 0.3) is 41.7 Å². The molecule has 0 N–H and O–H groups in total. The van der Waals surface area contributed by atoms with Gasteiger partial charge in [-0.1, -0.05) is 121 Å². The zero-order valence-corrected chi connectivity index (χ0v) is 26.4. The fourth-order valence-electron chi connectivity index (χ4n) is 6.91. The standard InChI is InChI=1S/C44H30N2S/c1-5-17-31(18-6-1)45(32-19-7-2-8-20-32)41-29-39-40-30-42(46(33-21-9-3-10-22-33)34-23-11-4-12-24-34)36-26-14-16-28-38(36)44(40)47-43(39)37-27-15-13-25-35(37)41/h1-30H. The first-order valence-corrected chi connectivity index (χ1v) is 16.8. The first-order valence-electron chi connectivity index (χ1n) is 16.0. The molecule has 0 fully saturated rings. The van der Waals surface area contributed by atoms with Crippen molar-refractivity contribution < 1.29 is 0 Å². The first kappa shape index (κ1) is 27.4. The summed E-state index contributed by atoms with van der Waals surface area (Å²) in [6, 6.07) is 65.4. The summed E-state index contributed by atoms with van der Waals surface area (Å²) in [5.74, 6) is 0. The Hall–Kier alpha value is -5.90. The molecule has 1 heterocycles. The Morgan fingerprint density at radius 2 is 0.553 bits per heavy atom. The van der Waals surface area contributed by atoms with Gasteiger partial charge in [0.2, 0.25) is 0 Å². The third-order valence-electron chi connectivity index (χ3n) is 8.98. The van der Waals surface area contributed by atoms with Gasteiger partial charge in [0, 0.05) is 64.5 Å². The van der Waals surface area contributed by atoms with Gasteiger partial charge >= 0.3 is 0 Å². The lowest BCUT2D eigenvalue weighted by atomic mass is 9.99. The minimum Gasteiger partial charge on any atom is -0.310 e. The summed E-state index contributed by atoms with van der Waals surface area (Å²) in [7, 11) is 0. The third kappa shape index (κ3) is 4.63. The van der Waals surface area contributed by atoms with Crippen LogP contribution in [-0.4, -0.2) is 0 Å². The van der Waals surface area contributed by atoms with Crippen LogP contribution in [0.3, 0.4) is 0 Å². The zero-order valence-electron chi connectivity index (χ0n) is 25.6. The molecule has 0 saturated carbocycles. The van der Waals surface area contributed by atoms with E-state index in [9.17, 15) is 0 Å². The van der Waals surface area contributed by atoms with Gasteiger partial charge in [-0.15, -0.1) is 11.3 Å². The lowest BCUT2D eigenvalue weighted by Crippen LogP contribution is -2.10. The topological polar surface area (TPSA) is 6.48 Å². The smallest absolute Gasteiger partial charge is 0.0547 e. The van der Waals surface area contributed by atoms with Crippen molar-refractivity contribution in [1.82, 2.24) is 0 Å². The Bertz CT molecular complexity index is 2250. The van der Waals surface area contributed by atoms with Gasteiger partial charge in [0.05, 0.1) is 11.4 Å². The summed E-state index contributed by atoms with van der Waals surface area (Å²) in [4.78, 5) is 4.79. The molecule has 0 amide bonds. The van der Waals surface area contributed by atoms with Crippen LogP contribution in [0, 0.1) is 0 Å². The number of anilines is 6. The quantitative estimate of drug-likeness (QED) is 0.183. The Balaban J connectivity index is 1.40. The maximum absolute atomic E-state index is 2.42. The predicted molar refractivity (Wildman–Crippen MR) is 204 cm³/mol. The van der Waals surface area contributed by atoms with Crippen molar-refractivity contribution in [1.29, 1.82) is 0 Å². The van der Waals surface area contributed by atoms with Crippen molar-refractivity contribution in [3.63, 3.8) is 0 Å². The number of para-hydroxylation sites is 4. The summed E-state index contributed by atoms with van der Waals surface area (Å²) in [5.41, 5.74) is 6.87. The van der Waals surface area contributed by atoms with Gasteiger partial charge in [-0.3, -0.25) is 0 Å². The van der Waals surface area contributed by atoms with E-state index in [1.54, 1.807) is 0 Å². The van der Waals surface area contributed by atoms with E-state index < -0.39 is 0 Å². The van der Waals surface area contributed by atoms with Gasteiger partial charge in [0.15, 0.2) is 0 Å². The summed E-state index contributed by atoms with van der Waals surface area (Å²) in [5, 5.41) is 7.54. The molecule has 3 heteroatoms. The Morgan fingerprint density at radius 3 is 0.872 bits per heavy atom. The predicted octanol–water partition coefficient (Wildman–Crippen LogP) is 13.3. The number of nitrogens with zero attached hydrogens (tertiary/aromatic N) is 2. The molecule has 2 nitrogen and oxygen atoms in total. The number of hydrogen-bond donors (Lipinski definition) is 0. The molecule has 47 heavy (non-hydrogen) atoms. The molecule has 0 aliphatic carbocycles. The number of fused-ring (bicyclic) bond motifs is 7. The molecule has 0 bridgehead atoms. The van der Waals surface area contributed by atoms with Crippen molar-refractivity contribution in [3.8, 4) is 0 Å². The molecule has 0 radical (unpaired) electrons. The number of benzene rings is 8. The van der Waals surface area contributed by atoms with E-state index in [0.717, 1.165) is 22.7 Å². The van der Waals surface area contributed by atoms with Crippen molar-refractivity contribution in [2.45, 2.75) is 0 Å². The second-order valence-corrected chi connectivity index (χ2v) is 12.8. The maximum Gasteiger partial charge on any atom is 0.0547 e. The molecule has 1 aromatic heterocycles. The second-order valence-electron chi connectivity index (χ2n) is 11.8. The van der Waals surface area contributed by atoms with Gasteiger partial charge in [0.1, 0.15) is 0 Å². The van der Waals surface area contributed by atoms with Gasteiger partial charge in [-0.25, -0.2) is 0 Å². The van der Waals surface area contributed by atoms with Crippen LogP contribution in [0.1, 0.15) is 0 Å². The third-order valence-corrected chi connectivity index (χ3v) is 10.3. The number of thiophene rings is 1. The van der Waals surface area contributed by atoms with Crippen LogP contribution in [0.4, 0.5) is 34.1 Å². The van der Waals surface area contributed by atoms with Crippen LogP contribution in [0.5, 0.6) is 0 Å². The Labute approximate surface area is 278 Å². The highest BCUT2D eigenvalue weighted by atomic mass is 32.1. The fourth-order valence-corrected chi connectivity index (χ4v) is 8.25. The highest BCUT2D eigenvalue weighted by Crippen LogP contribution is 2.50. The molecule has 0 aliphatic heterocycles. The monoisotopic (exact) mass is 618 g/mol. The van der Waals surface area contributed by atoms with E-state index in [2.05, 4.69) is 192 Å². The lowest BCUT2D eigenvalue weighted by Gasteiger charge is -2.27. The van der Waals surface area contributed by atoms with Crippen LogP contribution < -0.4 is 9.80 Å². The van der Waals surface area contributed by atoms with E-state index in [4.69, 9.17) is 0 Å². The van der Waals surface area contributed by atoms with Crippen molar-refractivity contribution in [2.75, 3.05) is 9.80 Å². The SMILES string of the molecule is c1ccc(N(c2ccccc2)c2cc3c4cc(N(c5ccccc5)c5ccccc5)c5ccccc5c4sc3c3ccccc23)cc1. The summed E-state index contributed by atoms with van der Waals surface area (Å²) in [6.45, 7) is 0. The molecular weight excluding hydrogens is 589 g/mol. The first-order chi connectivity index (χ1) is 23.3. The van der Waals surface area contributed by atoms with Crippen LogP contribution in [0.2, 0.25) is 0 Å². The molecule has 0 atom stereocenters. The van der Waals surface area contributed by atoms with Crippen molar-refractivity contribution in [2.24, 2.45) is 0 Å². The molecule has 9 aromatic rings. The van der Waals surface area contributed by atoms with E-state index in [0.29, 0.717) is 0 Å². The highest BCUT2D eigenvalue weighted by Gasteiger charge is 2.22. The highest BCUT2D eigenvalue weighted by molar-refractivity contribution is 7.27. The van der Waals surface area contributed by atoms with Crippen molar-refractivity contribution >= 4 is 87.2 Å². The van der Waals surface area contributed by atoms with E-state index in [1.165, 1.54) is 53.1 Å². The van der Waals surface area contributed by atoms with Gasteiger partial charge in [0.25, 0.3) is 0 Å². The van der Waals surface area contributed by atoms with E-state index in [-0.39, 0.29) is 0 Å². The van der Waals surface area contributed by atoms with Gasteiger partial charge in [-0.05, 0) is 60.7 Å². The normalized spacial score (nSPS) is 11.4. The minimum absolute atomic E-state index is 1.13. The number of rotatable bonds is 6. The van der Waals surface area contributed by atoms with E-state index >= 15 is 0 Å². The molecule has 8 aromatic carbocycles. The largest absolute Gasteiger partial charge is 0.310 e. The molecule has 0 spiro atoms. The Morgan fingerprint density at radius 1 is 0.277 bits per heavy atom. The van der Waals surface area contributed by atoms with Crippen LogP contribution in [0.15, 0.2) is 182 Å². The zero-order chi connectivity index (χ0) is 31.2. The van der Waals surface area contributed by atoms with Crippen molar-refractivity contribution in [3.05, 3.63) is 182 Å². The summed E-state index contributed by atoms with van der Waals surface area (Å²) >= 11 is 1.91. The molecule has 0 aliphatic rings. The lowest BCUT2D eigenvalue weighted by molar-refractivity contribution is 1.30. The average Bonchev–Trinajstić information content (AvgIpc) is 3.53. The fraction of sp³-hybridized carbons (Fsp3) is 0. The molecule has 222 valence electrons. The summed E-state index contributed by atoms with van der Waals surface area (Å²) < 4.78 is 2.63. The van der Waals surface area contributed by atoms with E-state index in [1.807, 2.05) is 11.3 Å². The average molecular weight is 619 g/mol. The van der Waals surface area contributed by atoms with Gasteiger partial charge < -0.3 is 9.80 Å². The molecule has 0 saturated heterocycles. The maximum atomic E-state index is 2.42. The Kier molecular flexibility index (Phi) is 6.69. The molecular formula is C44H30N2S. The van der Waals surface area contributed by atoms with Crippen LogP contribution in [-0.2, 0) is 0 Å². The van der Waals surface area contributed by atoms with Crippen LogP contribution >= 0.6 is 11.3 Å². The number of hydrogen-bond acceptors (Lipinski definition) is 3.